The SMILES string of the molecule is O=C(Nc1nnc(C2CCC2)s1)N1CCc2sccc2C1. The number of nitrogens with zero attached hydrogens (tertiary/aromatic N) is 3. The minimum atomic E-state index is -0.0665. The fourth-order valence-electron chi connectivity index (χ4n) is 2.70. The van der Waals surface area contributed by atoms with E-state index in [-0.39, 0.29) is 6.03 Å². The van der Waals surface area contributed by atoms with E-state index in [2.05, 4.69) is 27.0 Å². The molecule has 1 saturated carbocycles. The van der Waals surface area contributed by atoms with Crippen molar-refractivity contribution in [2.24, 2.45) is 0 Å². The second kappa shape index (κ2) is 5.38. The van der Waals surface area contributed by atoms with Crippen molar-refractivity contribution < 1.29 is 4.79 Å². The van der Waals surface area contributed by atoms with Gasteiger partial charge >= 0.3 is 6.03 Å². The van der Waals surface area contributed by atoms with Crippen molar-refractivity contribution in [2.45, 2.75) is 38.1 Å². The number of amides is 2. The largest absolute Gasteiger partial charge is 0.324 e. The smallest absolute Gasteiger partial charge is 0.320 e. The Hall–Kier alpha value is -1.47. The molecule has 0 unspecified atom stereocenters. The maximum atomic E-state index is 12.3. The fraction of sp³-hybridized carbons (Fsp3) is 0.500. The van der Waals surface area contributed by atoms with E-state index >= 15 is 0 Å². The van der Waals surface area contributed by atoms with Crippen molar-refractivity contribution in [1.82, 2.24) is 15.1 Å². The van der Waals surface area contributed by atoms with Gasteiger partial charge in [-0.05, 0) is 36.3 Å². The molecule has 1 aliphatic carbocycles. The van der Waals surface area contributed by atoms with Crippen LogP contribution in [-0.2, 0) is 13.0 Å². The summed E-state index contributed by atoms with van der Waals surface area (Å²) in [6.45, 7) is 1.46. The number of fused-ring (bicyclic) bond motifs is 1. The first kappa shape index (κ1) is 13.2. The molecule has 3 heterocycles. The van der Waals surface area contributed by atoms with Gasteiger partial charge in [0.2, 0.25) is 5.13 Å². The highest BCUT2D eigenvalue weighted by Gasteiger charge is 2.25. The third kappa shape index (κ3) is 2.55. The van der Waals surface area contributed by atoms with Gasteiger partial charge in [-0.25, -0.2) is 4.79 Å². The molecule has 5 nitrogen and oxygen atoms in total. The first-order chi connectivity index (χ1) is 10.3. The number of nitrogens with one attached hydrogen (secondary N) is 1. The summed E-state index contributed by atoms with van der Waals surface area (Å²) in [4.78, 5) is 15.6. The number of hydrogen-bond donors (Lipinski definition) is 1. The fourth-order valence-corrected chi connectivity index (χ4v) is 4.49. The van der Waals surface area contributed by atoms with Crippen molar-refractivity contribution in [3.05, 3.63) is 26.9 Å². The molecule has 110 valence electrons. The van der Waals surface area contributed by atoms with Crippen LogP contribution in [-0.4, -0.2) is 27.7 Å². The molecule has 0 atom stereocenters. The predicted octanol–water partition coefficient (Wildman–Crippen LogP) is 3.46. The van der Waals surface area contributed by atoms with Crippen molar-refractivity contribution in [1.29, 1.82) is 0 Å². The molecule has 1 N–H and O–H groups in total. The van der Waals surface area contributed by atoms with E-state index in [0.29, 0.717) is 17.6 Å². The van der Waals surface area contributed by atoms with E-state index in [1.807, 2.05) is 4.90 Å². The van der Waals surface area contributed by atoms with Gasteiger partial charge in [0, 0.05) is 23.9 Å². The maximum Gasteiger partial charge on any atom is 0.324 e. The van der Waals surface area contributed by atoms with Crippen LogP contribution < -0.4 is 5.32 Å². The van der Waals surface area contributed by atoms with Gasteiger partial charge in [-0.1, -0.05) is 17.8 Å². The lowest BCUT2D eigenvalue weighted by atomic mass is 9.86. The topological polar surface area (TPSA) is 58.1 Å². The van der Waals surface area contributed by atoms with E-state index in [1.54, 1.807) is 11.3 Å². The quantitative estimate of drug-likeness (QED) is 0.922. The van der Waals surface area contributed by atoms with Crippen LogP contribution in [0.3, 0.4) is 0 Å². The molecule has 2 aromatic rings. The molecule has 4 rings (SSSR count). The minimum Gasteiger partial charge on any atom is -0.320 e. The summed E-state index contributed by atoms with van der Waals surface area (Å²) in [6, 6.07) is 2.04. The highest BCUT2D eigenvalue weighted by molar-refractivity contribution is 7.15. The van der Waals surface area contributed by atoms with E-state index in [1.165, 1.54) is 41.0 Å². The van der Waals surface area contributed by atoms with Crippen molar-refractivity contribution in [3.8, 4) is 0 Å². The Morgan fingerprint density at radius 2 is 2.29 bits per heavy atom. The minimum absolute atomic E-state index is 0.0665. The molecule has 2 aliphatic rings. The van der Waals surface area contributed by atoms with Crippen LogP contribution in [0.4, 0.5) is 9.93 Å². The molecule has 7 heteroatoms. The summed E-state index contributed by atoms with van der Waals surface area (Å²) < 4.78 is 0. The number of aromatic nitrogens is 2. The monoisotopic (exact) mass is 320 g/mol. The lowest BCUT2D eigenvalue weighted by Gasteiger charge is -2.26. The zero-order valence-corrected chi connectivity index (χ0v) is 13.2. The van der Waals surface area contributed by atoms with Crippen LogP contribution in [0.15, 0.2) is 11.4 Å². The number of anilines is 1. The van der Waals surface area contributed by atoms with Crippen LogP contribution in [0.5, 0.6) is 0 Å². The van der Waals surface area contributed by atoms with Crippen LogP contribution in [0, 0.1) is 0 Å². The molecule has 1 fully saturated rings. The van der Waals surface area contributed by atoms with Gasteiger partial charge in [-0.2, -0.15) is 0 Å². The van der Waals surface area contributed by atoms with Gasteiger partial charge in [0.25, 0.3) is 0 Å². The second-order valence-corrected chi connectivity index (χ2v) is 7.55. The lowest BCUT2D eigenvalue weighted by molar-refractivity contribution is 0.207. The Bertz CT molecular complexity index is 661. The Kier molecular flexibility index (Phi) is 3.39. The number of hydrogen-bond acceptors (Lipinski definition) is 5. The molecule has 0 bridgehead atoms. The first-order valence-corrected chi connectivity index (χ1v) is 8.94. The molecular weight excluding hydrogens is 304 g/mol. The number of urea groups is 1. The first-order valence-electron chi connectivity index (χ1n) is 7.24. The van der Waals surface area contributed by atoms with E-state index < -0.39 is 0 Å². The Morgan fingerprint density at radius 1 is 1.38 bits per heavy atom. The third-order valence-corrected chi connectivity index (χ3v) is 6.23. The molecule has 0 radical (unpaired) electrons. The van der Waals surface area contributed by atoms with Crippen LogP contribution in [0.1, 0.15) is 40.6 Å². The average Bonchev–Trinajstić information content (AvgIpc) is 3.05. The third-order valence-electron chi connectivity index (χ3n) is 4.20. The van der Waals surface area contributed by atoms with E-state index in [9.17, 15) is 4.79 Å². The summed E-state index contributed by atoms with van der Waals surface area (Å²) in [6.07, 6.45) is 4.64. The van der Waals surface area contributed by atoms with Crippen molar-refractivity contribution in [2.75, 3.05) is 11.9 Å². The Morgan fingerprint density at radius 3 is 3.10 bits per heavy atom. The standard InChI is InChI=1S/C14H16N4OS2/c19-14(18-6-4-11-10(8-18)5-7-20-11)15-13-17-16-12(21-13)9-2-1-3-9/h5,7,9H,1-4,6,8H2,(H,15,17,19). The molecule has 1 aliphatic heterocycles. The number of thiophene rings is 1. The molecule has 2 aromatic heterocycles. The molecule has 21 heavy (non-hydrogen) atoms. The molecule has 0 aromatic carbocycles. The van der Waals surface area contributed by atoms with Crippen molar-refractivity contribution >= 4 is 33.8 Å². The lowest BCUT2D eigenvalue weighted by Crippen LogP contribution is -2.38. The molecule has 0 spiro atoms. The predicted molar refractivity (Wildman–Crippen MR) is 84.0 cm³/mol. The summed E-state index contributed by atoms with van der Waals surface area (Å²) in [5.74, 6) is 0.566. The van der Waals surface area contributed by atoms with Crippen LogP contribution in [0.2, 0.25) is 0 Å². The summed E-state index contributed by atoms with van der Waals surface area (Å²) in [5, 5.41) is 15.0. The van der Waals surface area contributed by atoms with Crippen LogP contribution >= 0.6 is 22.7 Å². The average molecular weight is 320 g/mol. The Balaban J connectivity index is 1.40. The summed E-state index contributed by atoms with van der Waals surface area (Å²) in [7, 11) is 0. The number of carbonyl (C=O) groups is 1. The van der Waals surface area contributed by atoms with Crippen LogP contribution in [0.25, 0.3) is 0 Å². The Labute approximate surface area is 131 Å². The zero-order valence-electron chi connectivity index (χ0n) is 11.5. The number of carbonyl (C=O) groups excluding carboxylic acids is 1. The summed E-state index contributed by atoms with van der Waals surface area (Å²) >= 11 is 3.30. The molecule has 0 saturated heterocycles. The van der Waals surface area contributed by atoms with Gasteiger partial charge in [-0.3, -0.25) is 5.32 Å². The number of rotatable bonds is 2. The van der Waals surface area contributed by atoms with Gasteiger partial charge in [0.05, 0.1) is 0 Å². The van der Waals surface area contributed by atoms with Gasteiger partial charge in [-0.15, -0.1) is 21.5 Å². The maximum absolute atomic E-state index is 12.3. The molecule has 2 amide bonds. The highest BCUT2D eigenvalue weighted by Crippen LogP contribution is 2.38. The summed E-state index contributed by atoms with van der Waals surface area (Å²) in [5.41, 5.74) is 1.27. The highest BCUT2D eigenvalue weighted by atomic mass is 32.1. The normalized spacial score (nSPS) is 18.2. The van der Waals surface area contributed by atoms with Gasteiger partial charge in [0.15, 0.2) is 0 Å². The van der Waals surface area contributed by atoms with E-state index in [0.717, 1.165) is 18.0 Å². The van der Waals surface area contributed by atoms with Crippen molar-refractivity contribution in [3.63, 3.8) is 0 Å². The molecular formula is C14H16N4OS2. The second-order valence-electron chi connectivity index (χ2n) is 5.54. The van der Waals surface area contributed by atoms with E-state index in [4.69, 9.17) is 0 Å². The van der Waals surface area contributed by atoms with Gasteiger partial charge in [0.1, 0.15) is 5.01 Å². The zero-order chi connectivity index (χ0) is 14.2. The van der Waals surface area contributed by atoms with Gasteiger partial charge < -0.3 is 4.90 Å².